The van der Waals surface area contributed by atoms with Crippen LogP contribution in [0.5, 0.6) is 0 Å². The van der Waals surface area contributed by atoms with Crippen LogP contribution in [0.25, 0.3) is 0 Å². The fourth-order valence-corrected chi connectivity index (χ4v) is 1.75. The Morgan fingerprint density at radius 3 is 2.07 bits per heavy atom. The van der Waals surface area contributed by atoms with Gasteiger partial charge < -0.3 is 14.4 Å². The summed E-state index contributed by atoms with van der Waals surface area (Å²) in [4.78, 5) is 2.18. The van der Waals surface area contributed by atoms with Crippen LogP contribution in [0.2, 0.25) is 0 Å². The van der Waals surface area contributed by atoms with Crippen LogP contribution in [0.15, 0.2) is 0 Å². The Bertz CT molecular complexity index is 131. The Hall–Kier alpha value is -0.120. The van der Waals surface area contributed by atoms with Crippen molar-refractivity contribution in [3.63, 3.8) is 0 Å². The van der Waals surface area contributed by atoms with E-state index < -0.39 is 0 Å². The lowest BCUT2D eigenvalue weighted by Gasteiger charge is -2.37. The standard InChI is InChI=1S/C9H19NO2.C2H6/c1-10(2)8-9(11-3)4-6-12-7-5-9;1-2/h4-8H2,1-3H3;1-2H3. The highest BCUT2D eigenvalue weighted by atomic mass is 16.5. The summed E-state index contributed by atoms with van der Waals surface area (Å²) in [7, 11) is 5.96. The van der Waals surface area contributed by atoms with Crippen LogP contribution in [0, 0.1) is 0 Å². The van der Waals surface area contributed by atoms with Crippen LogP contribution >= 0.6 is 0 Å². The number of methoxy groups -OCH3 is 1. The summed E-state index contributed by atoms with van der Waals surface area (Å²) >= 11 is 0. The summed E-state index contributed by atoms with van der Waals surface area (Å²) < 4.78 is 10.9. The molecule has 0 aromatic rings. The van der Waals surface area contributed by atoms with Gasteiger partial charge in [-0.1, -0.05) is 13.8 Å². The largest absolute Gasteiger partial charge is 0.381 e. The van der Waals surface area contributed by atoms with Crippen molar-refractivity contribution in [3.8, 4) is 0 Å². The van der Waals surface area contributed by atoms with Crippen molar-refractivity contribution in [2.45, 2.75) is 32.3 Å². The molecule has 0 atom stereocenters. The van der Waals surface area contributed by atoms with Crippen molar-refractivity contribution < 1.29 is 9.47 Å². The number of ether oxygens (including phenoxy) is 2. The molecule has 0 aromatic heterocycles. The van der Waals surface area contributed by atoms with Crippen LogP contribution in [0.4, 0.5) is 0 Å². The van der Waals surface area contributed by atoms with Gasteiger partial charge in [0, 0.05) is 39.7 Å². The highest BCUT2D eigenvalue weighted by Gasteiger charge is 2.32. The molecule has 0 aromatic carbocycles. The van der Waals surface area contributed by atoms with Crippen molar-refractivity contribution in [2.24, 2.45) is 0 Å². The first-order chi connectivity index (χ1) is 6.68. The van der Waals surface area contributed by atoms with E-state index in [0.717, 1.165) is 32.6 Å². The normalized spacial score (nSPS) is 20.1. The molecule has 0 radical (unpaired) electrons. The number of likely N-dealkylation sites (N-methyl/N-ethyl adjacent to an activating group) is 1. The van der Waals surface area contributed by atoms with Crippen molar-refractivity contribution >= 4 is 0 Å². The molecule has 3 nitrogen and oxygen atoms in total. The first kappa shape index (κ1) is 13.9. The van der Waals surface area contributed by atoms with Crippen molar-refractivity contribution in [1.29, 1.82) is 0 Å². The molecule has 14 heavy (non-hydrogen) atoms. The van der Waals surface area contributed by atoms with Gasteiger partial charge in [0.25, 0.3) is 0 Å². The van der Waals surface area contributed by atoms with Crippen molar-refractivity contribution in [3.05, 3.63) is 0 Å². The first-order valence-corrected chi connectivity index (χ1v) is 5.46. The van der Waals surface area contributed by atoms with Crippen LogP contribution in [0.1, 0.15) is 26.7 Å². The molecule has 0 unspecified atom stereocenters. The van der Waals surface area contributed by atoms with E-state index in [1.807, 2.05) is 13.8 Å². The summed E-state index contributed by atoms with van der Waals surface area (Å²) in [6.07, 6.45) is 2.03. The average molecular weight is 203 g/mol. The lowest BCUT2D eigenvalue weighted by Crippen LogP contribution is -2.46. The molecule has 0 amide bonds. The average Bonchev–Trinajstić information content (AvgIpc) is 2.21. The van der Waals surface area contributed by atoms with Gasteiger partial charge in [0.15, 0.2) is 0 Å². The van der Waals surface area contributed by atoms with Crippen LogP contribution < -0.4 is 0 Å². The number of hydrogen-bond acceptors (Lipinski definition) is 3. The summed E-state index contributed by atoms with van der Waals surface area (Å²) in [6.45, 7) is 6.66. The van der Waals surface area contributed by atoms with Gasteiger partial charge in [-0.25, -0.2) is 0 Å². The maximum atomic E-state index is 5.57. The molecule has 1 heterocycles. The van der Waals surface area contributed by atoms with Gasteiger partial charge in [0.2, 0.25) is 0 Å². The van der Waals surface area contributed by atoms with E-state index in [1.54, 1.807) is 7.11 Å². The predicted molar refractivity (Wildman–Crippen MR) is 59.7 cm³/mol. The van der Waals surface area contributed by atoms with Gasteiger partial charge in [-0.15, -0.1) is 0 Å². The van der Waals surface area contributed by atoms with E-state index in [9.17, 15) is 0 Å². The lowest BCUT2D eigenvalue weighted by molar-refractivity contribution is -0.0992. The quantitative estimate of drug-likeness (QED) is 0.698. The monoisotopic (exact) mass is 203 g/mol. The second kappa shape index (κ2) is 7.21. The third-order valence-corrected chi connectivity index (χ3v) is 2.44. The maximum Gasteiger partial charge on any atom is 0.0848 e. The van der Waals surface area contributed by atoms with E-state index in [0.29, 0.717) is 0 Å². The molecule has 1 fully saturated rings. The van der Waals surface area contributed by atoms with Crippen LogP contribution in [0.3, 0.4) is 0 Å². The Balaban J connectivity index is 0.000000791. The number of nitrogens with zero attached hydrogens (tertiary/aromatic N) is 1. The molecule has 3 heteroatoms. The summed E-state index contributed by atoms with van der Waals surface area (Å²) in [5, 5.41) is 0. The van der Waals surface area contributed by atoms with Crippen molar-refractivity contribution in [2.75, 3.05) is 41.0 Å². The molecule has 1 saturated heterocycles. The van der Waals surface area contributed by atoms with E-state index in [2.05, 4.69) is 19.0 Å². The number of hydrogen-bond donors (Lipinski definition) is 0. The molecular weight excluding hydrogens is 178 g/mol. The topological polar surface area (TPSA) is 21.7 Å². The molecule has 1 rings (SSSR count). The Kier molecular flexibility index (Phi) is 7.15. The fourth-order valence-electron chi connectivity index (χ4n) is 1.75. The van der Waals surface area contributed by atoms with Crippen LogP contribution in [-0.2, 0) is 9.47 Å². The third-order valence-electron chi connectivity index (χ3n) is 2.44. The molecule has 86 valence electrons. The van der Waals surface area contributed by atoms with Gasteiger partial charge in [0.1, 0.15) is 0 Å². The van der Waals surface area contributed by atoms with Crippen LogP contribution in [-0.4, -0.2) is 51.5 Å². The fraction of sp³-hybridized carbons (Fsp3) is 1.00. The van der Waals surface area contributed by atoms with E-state index in [4.69, 9.17) is 9.47 Å². The highest BCUT2D eigenvalue weighted by Crippen LogP contribution is 2.24. The van der Waals surface area contributed by atoms with Crippen molar-refractivity contribution in [1.82, 2.24) is 4.90 Å². The molecule has 0 spiro atoms. The van der Waals surface area contributed by atoms with Gasteiger partial charge >= 0.3 is 0 Å². The minimum absolute atomic E-state index is 0.0434. The second-order valence-corrected chi connectivity index (χ2v) is 3.74. The zero-order chi connectivity index (χ0) is 11.0. The van der Waals surface area contributed by atoms with E-state index in [1.165, 1.54) is 0 Å². The zero-order valence-electron chi connectivity index (χ0n) is 10.3. The maximum absolute atomic E-state index is 5.57. The molecule has 0 bridgehead atoms. The SMILES string of the molecule is CC.COC1(CN(C)C)CCOCC1. The van der Waals surface area contributed by atoms with Gasteiger partial charge in [0.05, 0.1) is 5.60 Å². The smallest absolute Gasteiger partial charge is 0.0848 e. The molecule has 0 N–H and O–H groups in total. The molecular formula is C11H25NO2. The second-order valence-electron chi connectivity index (χ2n) is 3.74. The third kappa shape index (κ3) is 4.40. The Labute approximate surface area is 88.4 Å². The molecule has 1 aliphatic heterocycles. The molecule has 0 saturated carbocycles. The van der Waals surface area contributed by atoms with E-state index >= 15 is 0 Å². The predicted octanol–water partition coefficient (Wildman–Crippen LogP) is 1.77. The molecule has 1 aliphatic rings. The lowest BCUT2D eigenvalue weighted by atomic mass is 9.93. The summed E-state index contributed by atoms with van der Waals surface area (Å²) in [5.41, 5.74) is 0.0434. The van der Waals surface area contributed by atoms with Gasteiger partial charge in [-0.3, -0.25) is 0 Å². The Morgan fingerprint density at radius 2 is 1.71 bits per heavy atom. The number of rotatable bonds is 3. The zero-order valence-corrected chi connectivity index (χ0v) is 10.3. The van der Waals surface area contributed by atoms with E-state index in [-0.39, 0.29) is 5.60 Å². The van der Waals surface area contributed by atoms with Gasteiger partial charge in [-0.2, -0.15) is 0 Å². The first-order valence-electron chi connectivity index (χ1n) is 5.46. The summed E-state index contributed by atoms with van der Waals surface area (Å²) in [5.74, 6) is 0. The van der Waals surface area contributed by atoms with Gasteiger partial charge in [-0.05, 0) is 14.1 Å². The Morgan fingerprint density at radius 1 is 1.21 bits per heavy atom. The minimum atomic E-state index is 0.0434. The summed E-state index contributed by atoms with van der Waals surface area (Å²) in [6, 6.07) is 0. The highest BCUT2D eigenvalue weighted by molar-refractivity contribution is 4.85. The minimum Gasteiger partial charge on any atom is -0.381 e. The molecule has 0 aliphatic carbocycles.